The summed E-state index contributed by atoms with van der Waals surface area (Å²) in [6, 6.07) is 39.1. The molecule has 1 heterocycles. The van der Waals surface area contributed by atoms with Crippen LogP contribution in [0.1, 0.15) is 29.3 Å². The Bertz CT molecular complexity index is 1950. The minimum absolute atomic E-state index is 0.0870. The second kappa shape index (κ2) is 15.2. The number of rotatable bonds is 11. The molecule has 9 heteroatoms. The van der Waals surface area contributed by atoms with Gasteiger partial charge in [-0.05, 0) is 71.7 Å². The molecule has 1 aliphatic rings. The van der Waals surface area contributed by atoms with Gasteiger partial charge in [-0.2, -0.15) is 0 Å². The van der Waals surface area contributed by atoms with Gasteiger partial charge in [0, 0.05) is 27.9 Å². The zero-order chi connectivity index (χ0) is 33.3. The largest absolute Gasteiger partial charge is 0.454 e. The third kappa shape index (κ3) is 8.12. The van der Waals surface area contributed by atoms with Crippen molar-refractivity contribution in [3.63, 3.8) is 0 Å². The number of ether oxygens (including phenoxy) is 2. The Morgan fingerprint density at radius 3 is 2.17 bits per heavy atom. The number of thioether (sulfide) groups is 1. The zero-order valence-corrected chi connectivity index (χ0v) is 27.0. The van der Waals surface area contributed by atoms with Gasteiger partial charge in [-0.25, -0.2) is 0 Å². The third-order valence-electron chi connectivity index (χ3n) is 7.53. The first-order chi connectivity index (χ1) is 23.4. The van der Waals surface area contributed by atoms with Gasteiger partial charge in [0.15, 0.2) is 11.5 Å². The number of carbonyl (C=O) groups is 3. The molecule has 1 atom stereocenters. The van der Waals surface area contributed by atoms with Crippen molar-refractivity contribution in [3.8, 4) is 22.6 Å². The van der Waals surface area contributed by atoms with Crippen molar-refractivity contribution >= 4 is 46.9 Å². The lowest BCUT2D eigenvalue weighted by Gasteiger charge is -2.16. The highest BCUT2D eigenvalue weighted by Gasteiger charge is 2.21. The number of anilines is 2. The molecular formula is C39H33N3O5S. The summed E-state index contributed by atoms with van der Waals surface area (Å²) in [6.45, 7) is 2.10. The van der Waals surface area contributed by atoms with Crippen LogP contribution in [0.25, 0.3) is 17.2 Å². The lowest BCUT2D eigenvalue weighted by molar-refractivity contribution is -0.116. The molecule has 0 saturated heterocycles. The van der Waals surface area contributed by atoms with Crippen molar-refractivity contribution in [1.29, 1.82) is 0 Å². The molecule has 0 fully saturated rings. The van der Waals surface area contributed by atoms with Crippen LogP contribution in [0.3, 0.4) is 0 Å². The highest BCUT2D eigenvalue weighted by molar-refractivity contribution is 8.00. The van der Waals surface area contributed by atoms with E-state index in [9.17, 15) is 14.4 Å². The van der Waals surface area contributed by atoms with E-state index in [-0.39, 0.29) is 23.6 Å². The quantitative estimate of drug-likeness (QED) is 0.0984. The van der Waals surface area contributed by atoms with E-state index in [1.807, 2.05) is 85.8 Å². The molecule has 240 valence electrons. The van der Waals surface area contributed by atoms with Crippen LogP contribution in [0.4, 0.5) is 11.4 Å². The number of carbonyl (C=O) groups excluding carboxylic acids is 3. The Labute approximate surface area is 283 Å². The maximum absolute atomic E-state index is 13.7. The Kier molecular flexibility index (Phi) is 10.2. The molecule has 0 radical (unpaired) electrons. The Morgan fingerprint density at radius 1 is 0.729 bits per heavy atom. The molecule has 0 aromatic heterocycles. The molecule has 8 nitrogen and oxygen atoms in total. The van der Waals surface area contributed by atoms with E-state index in [2.05, 4.69) is 16.0 Å². The van der Waals surface area contributed by atoms with Gasteiger partial charge >= 0.3 is 0 Å². The first-order valence-electron chi connectivity index (χ1n) is 15.5. The normalized spacial score (nSPS) is 12.6. The summed E-state index contributed by atoms with van der Waals surface area (Å²) in [7, 11) is 0. The average molecular weight is 656 g/mol. The summed E-state index contributed by atoms with van der Waals surface area (Å²) < 4.78 is 10.8. The van der Waals surface area contributed by atoms with Gasteiger partial charge in [0.05, 0.1) is 5.25 Å². The van der Waals surface area contributed by atoms with Crippen LogP contribution in [0.5, 0.6) is 11.5 Å². The second-order valence-electron chi connectivity index (χ2n) is 10.9. The standard InChI is InChI=1S/C39H33N3O5S/c1-2-36(39(45)41-31-20-21-34-35(24-31)47-25-46-34)48-32-15-9-14-30(23-32)40-38(44)33(42-37(43)29-12-7-4-8-13-29)22-26-16-18-28(19-17-26)27-10-5-3-6-11-27/h3-24,36H,2,25H2,1H3,(H,40,44)(H,41,45)(H,42,43)/b33-22+. The molecule has 3 N–H and O–H groups in total. The van der Waals surface area contributed by atoms with E-state index in [0.717, 1.165) is 21.6 Å². The summed E-state index contributed by atoms with van der Waals surface area (Å²) in [5.74, 6) is 0.201. The van der Waals surface area contributed by atoms with Gasteiger partial charge in [-0.3, -0.25) is 14.4 Å². The molecule has 48 heavy (non-hydrogen) atoms. The molecule has 0 bridgehead atoms. The van der Waals surface area contributed by atoms with Gasteiger partial charge in [-0.15, -0.1) is 11.8 Å². The number of nitrogens with one attached hydrogen (secondary N) is 3. The van der Waals surface area contributed by atoms with Gasteiger partial charge in [-0.1, -0.05) is 85.8 Å². The van der Waals surface area contributed by atoms with Crippen molar-refractivity contribution < 1.29 is 23.9 Å². The van der Waals surface area contributed by atoms with E-state index in [1.165, 1.54) is 11.8 Å². The maximum Gasteiger partial charge on any atom is 0.272 e. The van der Waals surface area contributed by atoms with E-state index in [4.69, 9.17) is 9.47 Å². The van der Waals surface area contributed by atoms with E-state index in [0.29, 0.717) is 34.9 Å². The number of amides is 3. The number of hydrogen-bond donors (Lipinski definition) is 3. The summed E-state index contributed by atoms with van der Waals surface area (Å²) in [5.41, 5.74) is 4.53. The van der Waals surface area contributed by atoms with Crippen LogP contribution >= 0.6 is 11.8 Å². The van der Waals surface area contributed by atoms with Gasteiger partial charge < -0.3 is 25.4 Å². The SMILES string of the molecule is CCC(Sc1cccc(NC(=O)/C(=C\c2ccc(-c3ccccc3)cc2)NC(=O)c2ccccc2)c1)C(=O)Nc1ccc2c(c1)OCO2. The Hall–Kier alpha value is -5.80. The minimum atomic E-state index is -0.485. The van der Waals surface area contributed by atoms with Gasteiger partial charge in [0.25, 0.3) is 11.8 Å². The van der Waals surface area contributed by atoms with Gasteiger partial charge in [0.2, 0.25) is 12.7 Å². The molecule has 5 aromatic rings. The second-order valence-corrected chi connectivity index (χ2v) is 12.2. The summed E-state index contributed by atoms with van der Waals surface area (Å²) in [5, 5.41) is 8.28. The monoisotopic (exact) mass is 655 g/mol. The molecule has 3 amide bonds. The fourth-order valence-electron chi connectivity index (χ4n) is 5.04. The average Bonchev–Trinajstić information content (AvgIpc) is 3.59. The fraction of sp³-hybridized carbons (Fsp3) is 0.103. The highest BCUT2D eigenvalue weighted by atomic mass is 32.2. The summed E-state index contributed by atoms with van der Waals surface area (Å²) in [4.78, 5) is 40.8. The lowest BCUT2D eigenvalue weighted by Crippen LogP contribution is -2.30. The molecule has 5 aromatic carbocycles. The molecule has 0 spiro atoms. The van der Waals surface area contributed by atoms with Gasteiger partial charge in [0.1, 0.15) is 5.70 Å². The van der Waals surface area contributed by atoms with Crippen LogP contribution in [-0.2, 0) is 9.59 Å². The number of hydrogen-bond acceptors (Lipinski definition) is 6. The lowest BCUT2D eigenvalue weighted by atomic mass is 10.0. The number of fused-ring (bicyclic) bond motifs is 1. The Morgan fingerprint density at radius 2 is 1.42 bits per heavy atom. The van der Waals surface area contributed by atoms with Crippen molar-refractivity contribution in [2.24, 2.45) is 0 Å². The Balaban J connectivity index is 1.17. The van der Waals surface area contributed by atoms with Crippen molar-refractivity contribution in [2.75, 3.05) is 17.4 Å². The molecule has 0 aliphatic carbocycles. The van der Waals surface area contributed by atoms with E-state index >= 15 is 0 Å². The maximum atomic E-state index is 13.7. The van der Waals surface area contributed by atoms with E-state index in [1.54, 1.807) is 54.6 Å². The predicted octanol–water partition coefficient (Wildman–Crippen LogP) is 8.00. The van der Waals surface area contributed by atoms with Crippen LogP contribution in [0.2, 0.25) is 0 Å². The zero-order valence-electron chi connectivity index (χ0n) is 26.1. The van der Waals surface area contributed by atoms with Crippen molar-refractivity contribution in [3.05, 3.63) is 144 Å². The van der Waals surface area contributed by atoms with Crippen LogP contribution in [-0.4, -0.2) is 29.8 Å². The molecular weight excluding hydrogens is 623 g/mol. The van der Waals surface area contributed by atoms with Crippen molar-refractivity contribution in [2.45, 2.75) is 23.5 Å². The smallest absolute Gasteiger partial charge is 0.272 e. The van der Waals surface area contributed by atoms with Crippen LogP contribution < -0.4 is 25.4 Å². The van der Waals surface area contributed by atoms with Crippen molar-refractivity contribution in [1.82, 2.24) is 5.32 Å². The number of benzene rings is 5. The summed E-state index contributed by atoms with van der Waals surface area (Å²) in [6.07, 6.45) is 2.23. The molecule has 1 unspecified atom stereocenters. The van der Waals surface area contributed by atoms with E-state index < -0.39 is 11.8 Å². The highest BCUT2D eigenvalue weighted by Crippen LogP contribution is 2.35. The molecule has 1 aliphatic heterocycles. The molecule has 0 saturated carbocycles. The summed E-state index contributed by atoms with van der Waals surface area (Å²) >= 11 is 1.40. The predicted molar refractivity (Wildman–Crippen MR) is 190 cm³/mol. The minimum Gasteiger partial charge on any atom is -0.454 e. The topological polar surface area (TPSA) is 106 Å². The van der Waals surface area contributed by atoms with Crippen LogP contribution in [0.15, 0.2) is 138 Å². The third-order valence-corrected chi connectivity index (χ3v) is 8.89. The first-order valence-corrected chi connectivity index (χ1v) is 16.4. The fourth-order valence-corrected chi connectivity index (χ4v) is 6.05. The first kappa shape index (κ1) is 32.2. The van der Waals surface area contributed by atoms with Crippen LogP contribution in [0, 0.1) is 0 Å². The molecule has 6 rings (SSSR count).